The van der Waals surface area contributed by atoms with Gasteiger partial charge in [-0.15, -0.1) is 11.3 Å². The van der Waals surface area contributed by atoms with Crippen molar-refractivity contribution in [3.63, 3.8) is 0 Å². The van der Waals surface area contributed by atoms with Crippen molar-refractivity contribution < 1.29 is 24.2 Å². The summed E-state index contributed by atoms with van der Waals surface area (Å²) in [5, 5.41) is 12.7. The highest BCUT2D eigenvalue weighted by Gasteiger charge is 2.46. The molecule has 0 fully saturated rings. The van der Waals surface area contributed by atoms with Crippen molar-refractivity contribution in [2.75, 3.05) is 11.5 Å². The predicted molar refractivity (Wildman–Crippen MR) is 118 cm³/mol. The Bertz CT molecular complexity index is 1180. The van der Waals surface area contributed by atoms with E-state index in [9.17, 15) is 19.5 Å². The molecule has 1 aliphatic heterocycles. The van der Waals surface area contributed by atoms with E-state index >= 15 is 0 Å². The Morgan fingerprint density at radius 3 is 2.58 bits per heavy atom. The lowest BCUT2D eigenvalue weighted by Gasteiger charge is -2.24. The van der Waals surface area contributed by atoms with Gasteiger partial charge in [0.1, 0.15) is 4.88 Å². The Balaban J connectivity index is 1.83. The first-order chi connectivity index (χ1) is 14.9. The molecule has 1 aliphatic rings. The number of thiophene rings is 1. The van der Waals surface area contributed by atoms with E-state index in [-0.39, 0.29) is 22.2 Å². The summed E-state index contributed by atoms with van der Waals surface area (Å²) in [5.41, 5.74) is 1.05. The molecule has 0 bridgehead atoms. The van der Waals surface area contributed by atoms with Gasteiger partial charge < -0.3 is 9.84 Å². The van der Waals surface area contributed by atoms with Crippen molar-refractivity contribution in [1.82, 2.24) is 4.98 Å². The molecule has 4 rings (SSSR count). The third-order valence-electron chi connectivity index (χ3n) is 4.77. The summed E-state index contributed by atoms with van der Waals surface area (Å²) in [6.07, 6.45) is 0. The van der Waals surface area contributed by atoms with E-state index < -0.39 is 29.5 Å². The number of ketones is 1. The van der Waals surface area contributed by atoms with Gasteiger partial charge in [0.05, 0.1) is 28.8 Å². The Morgan fingerprint density at radius 1 is 1.19 bits per heavy atom. The second-order valence-corrected chi connectivity index (χ2v) is 8.61. The Morgan fingerprint density at radius 2 is 1.94 bits per heavy atom. The van der Waals surface area contributed by atoms with Crippen LogP contribution >= 0.6 is 22.7 Å². The van der Waals surface area contributed by atoms with Crippen LogP contribution < -0.4 is 4.90 Å². The molecule has 0 spiro atoms. The number of hydrogen-bond acceptors (Lipinski definition) is 8. The molecule has 0 saturated heterocycles. The molecule has 0 saturated carbocycles. The minimum atomic E-state index is -0.871. The monoisotopic (exact) mass is 454 g/mol. The average molecular weight is 455 g/mol. The van der Waals surface area contributed by atoms with Gasteiger partial charge in [-0.1, -0.05) is 47.7 Å². The van der Waals surface area contributed by atoms with Crippen LogP contribution in [0.5, 0.6) is 0 Å². The van der Waals surface area contributed by atoms with Crippen LogP contribution in [0.25, 0.3) is 0 Å². The zero-order valence-corrected chi connectivity index (χ0v) is 18.3. The maximum Gasteiger partial charge on any atom is 0.350 e. The van der Waals surface area contributed by atoms with E-state index in [0.717, 1.165) is 11.3 Å². The number of esters is 1. The van der Waals surface area contributed by atoms with Crippen molar-refractivity contribution in [3.8, 4) is 0 Å². The number of carbonyl (C=O) groups is 3. The Hall–Kier alpha value is -3.30. The SMILES string of the molecule is CCOC(=O)c1sc(N2C(=O)C(O)=C(C(=O)c3cccs3)[C@@H]2c2ccccc2)nc1C. The van der Waals surface area contributed by atoms with E-state index in [4.69, 9.17) is 4.74 Å². The van der Waals surface area contributed by atoms with Crippen LogP contribution in [-0.2, 0) is 9.53 Å². The van der Waals surface area contributed by atoms with Gasteiger partial charge in [-0.05, 0) is 30.9 Å². The molecule has 7 nitrogen and oxygen atoms in total. The van der Waals surface area contributed by atoms with E-state index in [1.165, 1.54) is 16.2 Å². The van der Waals surface area contributed by atoms with Gasteiger partial charge in [0, 0.05) is 0 Å². The number of aliphatic hydroxyl groups excluding tert-OH is 1. The van der Waals surface area contributed by atoms with Crippen LogP contribution in [0.4, 0.5) is 5.13 Å². The zero-order valence-electron chi connectivity index (χ0n) is 16.7. The molecule has 0 aliphatic carbocycles. The predicted octanol–water partition coefficient (Wildman–Crippen LogP) is 4.47. The Labute approximate surface area is 186 Å². The largest absolute Gasteiger partial charge is 0.503 e. The van der Waals surface area contributed by atoms with Gasteiger partial charge in [0.15, 0.2) is 10.9 Å². The Kier molecular flexibility index (Phi) is 5.71. The highest BCUT2D eigenvalue weighted by Crippen LogP contribution is 2.44. The van der Waals surface area contributed by atoms with E-state index in [1.54, 1.807) is 55.6 Å². The molecular formula is C22H18N2O5S2. The smallest absolute Gasteiger partial charge is 0.350 e. The van der Waals surface area contributed by atoms with Crippen molar-refractivity contribution in [3.05, 3.63) is 80.2 Å². The number of amides is 1. The first kappa shape index (κ1) is 21.0. The van der Waals surface area contributed by atoms with Gasteiger partial charge in [-0.2, -0.15) is 0 Å². The van der Waals surface area contributed by atoms with Crippen LogP contribution in [0.1, 0.15) is 43.6 Å². The average Bonchev–Trinajstić information content (AvgIpc) is 3.48. The highest BCUT2D eigenvalue weighted by molar-refractivity contribution is 7.17. The molecule has 0 unspecified atom stereocenters. The van der Waals surface area contributed by atoms with Crippen LogP contribution in [0, 0.1) is 6.92 Å². The molecular weight excluding hydrogens is 436 g/mol. The summed E-state index contributed by atoms with van der Waals surface area (Å²) in [6.45, 7) is 3.56. The molecule has 3 heterocycles. The van der Waals surface area contributed by atoms with Gasteiger partial charge in [0.25, 0.3) is 5.91 Å². The first-order valence-electron chi connectivity index (χ1n) is 9.48. The lowest BCUT2D eigenvalue weighted by atomic mass is 9.96. The maximum atomic E-state index is 13.2. The summed E-state index contributed by atoms with van der Waals surface area (Å²) < 4.78 is 5.07. The summed E-state index contributed by atoms with van der Waals surface area (Å²) in [4.78, 5) is 44.9. The standard InChI is InChI=1S/C22H18N2O5S2/c1-3-29-21(28)19-12(2)23-22(31-19)24-16(13-8-5-4-6-9-13)15(18(26)20(24)27)17(25)14-10-7-11-30-14/h4-11,16,26H,3H2,1-2H3/t16-/m0/s1. The van der Waals surface area contributed by atoms with Gasteiger partial charge in [-0.3, -0.25) is 14.5 Å². The zero-order chi connectivity index (χ0) is 22.1. The van der Waals surface area contributed by atoms with E-state index in [1.807, 2.05) is 6.07 Å². The number of ether oxygens (including phenoxy) is 1. The summed E-state index contributed by atoms with van der Waals surface area (Å²) in [7, 11) is 0. The molecule has 1 amide bonds. The van der Waals surface area contributed by atoms with E-state index in [0.29, 0.717) is 16.1 Å². The number of Topliss-reactive ketones (excluding diaryl/α,β-unsaturated/α-hetero) is 1. The molecule has 158 valence electrons. The molecule has 9 heteroatoms. The fourth-order valence-corrected chi connectivity index (χ4v) is 5.06. The number of carbonyl (C=O) groups excluding carboxylic acids is 3. The number of anilines is 1. The fraction of sp³-hybridized carbons (Fsp3) is 0.182. The van der Waals surface area contributed by atoms with Crippen molar-refractivity contribution in [2.24, 2.45) is 0 Å². The third-order valence-corrected chi connectivity index (χ3v) is 6.77. The lowest BCUT2D eigenvalue weighted by Crippen LogP contribution is -2.30. The fourth-order valence-electron chi connectivity index (χ4n) is 3.40. The minimum absolute atomic E-state index is 0.0100. The summed E-state index contributed by atoms with van der Waals surface area (Å²) in [6, 6.07) is 11.5. The van der Waals surface area contributed by atoms with Crippen LogP contribution in [-0.4, -0.2) is 34.4 Å². The van der Waals surface area contributed by atoms with Gasteiger partial charge in [-0.25, -0.2) is 9.78 Å². The van der Waals surface area contributed by atoms with E-state index in [2.05, 4.69) is 4.98 Å². The number of aryl methyl sites for hydroxylation is 1. The molecule has 1 atom stereocenters. The second-order valence-electron chi connectivity index (χ2n) is 6.69. The number of hydrogen-bond donors (Lipinski definition) is 1. The molecule has 3 aromatic rings. The summed E-state index contributed by atoms with van der Waals surface area (Å²) in [5.74, 6) is -2.30. The van der Waals surface area contributed by atoms with Crippen LogP contribution in [0.15, 0.2) is 59.2 Å². The lowest BCUT2D eigenvalue weighted by molar-refractivity contribution is -0.117. The quantitative estimate of drug-likeness (QED) is 0.436. The van der Waals surface area contributed by atoms with Crippen molar-refractivity contribution in [2.45, 2.75) is 19.9 Å². The minimum Gasteiger partial charge on any atom is -0.503 e. The van der Waals surface area contributed by atoms with Crippen molar-refractivity contribution >= 4 is 45.5 Å². The first-order valence-corrected chi connectivity index (χ1v) is 11.2. The molecule has 2 aromatic heterocycles. The normalized spacial score (nSPS) is 16.1. The van der Waals surface area contributed by atoms with Crippen LogP contribution in [0.2, 0.25) is 0 Å². The number of benzene rings is 1. The van der Waals surface area contributed by atoms with Gasteiger partial charge in [0.2, 0.25) is 5.78 Å². The number of thiazole rings is 1. The molecule has 1 aromatic carbocycles. The highest BCUT2D eigenvalue weighted by atomic mass is 32.1. The third kappa shape index (κ3) is 3.66. The second kappa shape index (κ2) is 8.44. The number of aromatic nitrogens is 1. The van der Waals surface area contributed by atoms with Crippen LogP contribution in [0.3, 0.4) is 0 Å². The number of aliphatic hydroxyl groups is 1. The van der Waals surface area contributed by atoms with Gasteiger partial charge >= 0.3 is 5.97 Å². The number of rotatable bonds is 6. The topological polar surface area (TPSA) is 96.8 Å². The molecule has 31 heavy (non-hydrogen) atoms. The van der Waals surface area contributed by atoms with Crippen molar-refractivity contribution in [1.29, 1.82) is 0 Å². The number of nitrogens with zero attached hydrogens (tertiary/aromatic N) is 2. The summed E-state index contributed by atoms with van der Waals surface area (Å²) >= 11 is 2.23. The molecule has 1 N–H and O–H groups in total. The molecule has 0 radical (unpaired) electrons. The maximum absolute atomic E-state index is 13.2.